The maximum absolute atomic E-state index is 2.37. The van der Waals surface area contributed by atoms with E-state index in [0.717, 1.165) is 0 Å². The van der Waals surface area contributed by atoms with Crippen LogP contribution in [0, 0.1) is 76.2 Å². The van der Waals surface area contributed by atoms with Gasteiger partial charge < -0.3 is 0 Å². The Morgan fingerprint density at radius 3 is 1.09 bits per heavy atom. The second-order valence-electron chi connectivity index (χ2n) is 19.0. The van der Waals surface area contributed by atoms with E-state index in [4.69, 9.17) is 0 Å². The first-order chi connectivity index (χ1) is 30.4. The minimum absolute atomic E-state index is 0.263. The van der Waals surface area contributed by atoms with Gasteiger partial charge in [-0.05, 0) is 137 Å². The summed E-state index contributed by atoms with van der Waals surface area (Å²) >= 11 is 0. The summed E-state index contributed by atoms with van der Waals surface area (Å²) in [7, 11) is 0. The van der Waals surface area contributed by atoms with Gasteiger partial charge in [-0.25, -0.2) is 0 Å². The number of benzene rings is 8. The zero-order valence-corrected chi connectivity index (χ0v) is 41.3. The zero-order chi connectivity index (χ0) is 46.6. The van der Waals surface area contributed by atoms with Crippen LogP contribution in [0.1, 0.15) is 110 Å². The average molecular weight is 841 g/mol. The third kappa shape index (κ3) is 12.5. The van der Waals surface area contributed by atoms with E-state index in [-0.39, 0.29) is 10.8 Å². The van der Waals surface area contributed by atoms with Crippen molar-refractivity contribution in [2.45, 2.75) is 108 Å². The van der Waals surface area contributed by atoms with Gasteiger partial charge in [0.2, 0.25) is 0 Å². The number of hydrogen-bond donors (Lipinski definition) is 0. The van der Waals surface area contributed by atoms with Crippen molar-refractivity contribution >= 4 is 0 Å². The lowest BCUT2D eigenvalue weighted by Crippen LogP contribution is -2.28. The first-order valence-electron chi connectivity index (χ1n) is 22.9. The molecule has 0 aliphatic heterocycles. The molecule has 1 aliphatic carbocycles. The first-order valence-corrected chi connectivity index (χ1v) is 22.9. The van der Waals surface area contributed by atoms with Crippen molar-refractivity contribution in [1.29, 1.82) is 0 Å². The molecule has 9 rings (SSSR count). The van der Waals surface area contributed by atoms with Gasteiger partial charge in [0.05, 0.1) is 5.41 Å². The Bertz CT molecular complexity index is 2570. The topological polar surface area (TPSA) is 0 Å². The van der Waals surface area contributed by atoms with Crippen LogP contribution in [0.2, 0.25) is 0 Å². The largest absolute Gasteiger partial charge is 0.0713 e. The Labute approximate surface area is 388 Å². The van der Waals surface area contributed by atoms with Crippen LogP contribution < -0.4 is 0 Å². The van der Waals surface area contributed by atoms with E-state index in [1.165, 1.54) is 100 Å². The highest BCUT2D eigenvalue weighted by Crippen LogP contribution is 2.56. The summed E-state index contributed by atoms with van der Waals surface area (Å²) in [5, 5.41) is 0. The van der Waals surface area contributed by atoms with Gasteiger partial charge in [-0.15, -0.1) is 0 Å². The van der Waals surface area contributed by atoms with Crippen LogP contribution in [0.5, 0.6) is 0 Å². The van der Waals surface area contributed by atoms with Crippen molar-refractivity contribution in [1.82, 2.24) is 0 Å². The Morgan fingerprint density at radius 2 is 0.656 bits per heavy atom. The summed E-state index contributed by atoms with van der Waals surface area (Å²) in [6, 6.07) is 65.8. The molecule has 0 fully saturated rings. The SMILES string of the molecule is Cc1cc(C)c(C)c(C)c1.Cc1cc(C)cc(C)c1.Cc1ccc(C(C)(C)C)cc1.Cc1ccc(C)cc1.Cc1ccc2c(c1)C(c1ccccc1)(c1ccccc1)c1ccccc1-2. The predicted molar refractivity (Wildman–Crippen MR) is 280 cm³/mol. The van der Waals surface area contributed by atoms with E-state index in [1.807, 2.05) is 0 Å². The molecule has 0 atom stereocenters. The van der Waals surface area contributed by atoms with Gasteiger partial charge in [0, 0.05) is 0 Å². The highest BCUT2D eigenvalue weighted by Gasteiger charge is 2.45. The molecule has 0 radical (unpaired) electrons. The Hall–Kier alpha value is -6.24. The maximum atomic E-state index is 2.37. The summed E-state index contributed by atoms with van der Waals surface area (Å²) in [6.07, 6.45) is 0. The van der Waals surface area contributed by atoms with Gasteiger partial charge >= 0.3 is 0 Å². The molecule has 8 aromatic rings. The molecule has 1 aliphatic rings. The van der Waals surface area contributed by atoms with Crippen LogP contribution in [0.3, 0.4) is 0 Å². The molecule has 0 saturated heterocycles. The lowest BCUT2D eigenvalue weighted by Gasteiger charge is -2.34. The quantitative estimate of drug-likeness (QED) is 0.163. The van der Waals surface area contributed by atoms with Crippen LogP contribution >= 0.6 is 0 Å². The Kier molecular flexibility index (Phi) is 16.7. The third-order valence-electron chi connectivity index (χ3n) is 12.2. The first kappa shape index (κ1) is 48.8. The second kappa shape index (κ2) is 21.9. The van der Waals surface area contributed by atoms with E-state index in [9.17, 15) is 0 Å². The van der Waals surface area contributed by atoms with E-state index in [0.29, 0.717) is 0 Å². The molecule has 0 spiro atoms. The fourth-order valence-electron chi connectivity index (χ4n) is 8.70. The highest BCUT2D eigenvalue weighted by molar-refractivity contribution is 5.86. The summed E-state index contributed by atoms with van der Waals surface area (Å²) in [5.41, 5.74) is 24.5. The van der Waals surface area contributed by atoms with Crippen LogP contribution in [-0.4, -0.2) is 0 Å². The smallest absolute Gasteiger partial charge is 0.0622 e. The van der Waals surface area contributed by atoms with E-state index in [1.54, 1.807) is 0 Å². The van der Waals surface area contributed by atoms with E-state index >= 15 is 0 Å². The zero-order valence-electron chi connectivity index (χ0n) is 41.3. The van der Waals surface area contributed by atoms with Crippen LogP contribution in [0.25, 0.3) is 11.1 Å². The maximum Gasteiger partial charge on any atom is 0.0713 e. The number of hydrogen-bond acceptors (Lipinski definition) is 0. The molecular formula is C64H72. The van der Waals surface area contributed by atoms with Crippen molar-refractivity contribution in [2.75, 3.05) is 0 Å². The van der Waals surface area contributed by atoms with Crippen LogP contribution in [-0.2, 0) is 10.8 Å². The fourth-order valence-corrected chi connectivity index (χ4v) is 8.70. The average Bonchev–Trinajstić information content (AvgIpc) is 3.55. The Balaban J connectivity index is 0.000000169. The number of fused-ring (bicyclic) bond motifs is 3. The summed E-state index contributed by atoms with van der Waals surface area (Å²) in [5.74, 6) is 0. The predicted octanol–water partition coefficient (Wildman–Crippen LogP) is 17.5. The van der Waals surface area contributed by atoms with Gasteiger partial charge in [0.25, 0.3) is 0 Å². The van der Waals surface area contributed by atoms with Gasteiger partial charge in [0.15, 0.2) is 0 Å². The standard InChI is InChI=1S/C26H20.C11H16.C10H14.C9H12.C8H10/c1-19-16-17-23-22-14-8-9-15-24(22)26(25(23)18-19,20-10-4-2-5-11-20)21-12-6-3-7-13-21;1-9-5-7-10(8-6-9)11(2,3)4;1-7-5-8(2)10(4)9(3)6-7;1-7-4-8(2)6-9(3)5-7;1-7-3-5-8(2)6-4-7/h2-18H,1H3;5-8H,1-4H3;5-6H,1-4H3;4-6H,1-3H3;3-6H,1-2H3. The monoisotopic (exact) mass is 841 g/mol. The van der Waals surface area contributed by atoms with Gasteiger partial charge in [-0.3, -0.25) is 0 Å². The van der Waals surface area contributed by atoms with E-state index in [2.05, 4.69) is 279 Å². The molecule has 64 heavy (non-hydrogen) atoms. The molecule has 0 nitrogen and oxygen atoms in total. The lowest BCUT2D eigenvalue weighted by atomic mass is 9.67. The molecule has 0 bridgehead atoms. The molecule has 0 N–H and O–H groups in total. The molecule has 8 aromatic carbocycles. The molecule has 0 unspecified atom stereocenters. The molecule has 0 amide bonds. The van der Waals surface area contributed by atoms with Crippen LogP contribution in [0.4, 0.5) is 0 Å². The normalized spacial score (nSPS) is 11.7. The molecule has 0 aromatic heterocycles. The van der Waals surface area contributed by atoms with Crippen molar-refractivity contribution in [3.8, 4) is 11.1 Å². The summed E-state index contributed by atoms with van der Waals surface area (Å²) < 4.78 is 0. The van der Waals surface area contributed by atoms with Crippen molar-refractivity contribution in [3.05, 3.63) is 271 Å². The van der Waals surface area contributed by atoms with Crippen molar-refractivity contribution < 1.29 is 0 Å². The summed E-state index contributed by atoms with van der Waals surface area (Å²) in [6.45, 7) is 30.2. The van der Waals surface area contributed by atoms with Gasteiger partial charge in [0.1, 0.15) is 0 Å². The van der Waals surface area contributed by atoms with Crippen molar-refractivity contribution in [2.24, 2.45) is 0 Å². The molecular weight excluding hydrogens is 769 g/mol. The highest BCUT2D eigenvalue weighted by atomic mass is 14.5. The number of aryl methyl sites for hydroxylation is 10. The number of rotatable bonds is 2. The molecule has 0 heterocycles. The second-order valence-corrected chi connectivity index (χ2v) is 19.0. The fraction of sp³-hybridized carbons (Fsp3) is 0.250. The van der Waals surface area contributed by atoms with Gasteiger partial charge in [-0.1, -0.05) is 247 Å². The molecule has 0 heteroatoms. The van der Waals surface area contributed by atoms with E-state index < -0.39 is 0 Å². The van der Waals surface area contributed by atoms with Crippen LogP contribution in [0.15, 0.2) is 182 Å². The Morgan fingerprint density at radius 1 is 0.297 bits per heavy atom. The minimum Gasteiger partial charge on any atom is -0.0622 e. The minimum atomic E-state index is -0.263. The summed E-state index contributed by atoms with van der Waals surface area (Å²) in [4.78, 5) is 0. The molecule has 0 saturated carbocycles. The molecule has 328 valence electrons. The van der Waals surface area contributed by atoms with Gasteiger partial charge in [-0.2, -0.15) is 0 Å². The lowest BCUT2D eigenvalue weighted by molar-refractivity contribution is 0.590. The third-order valence-corrected chi connectivity index (χ3v) is 12.2. The van der Waals surface area contributed by atoms with Crippen molar-refractivity contribution in [3.63, 3.8) is 0 Å².